The number of rotatable bonds is 3. The van der Waals surface area contributed by atoms with Gasteiger partial charge in [-0.2, -0.15) is 0 Å². The number of carbonyl (C=O) groups excluding carboxylic acids is 3. The van der Waals surface area contributed by atoms with Crippen molar-refractivity contribution in [2.45, 2.75) is 32.4 Å². The van der Waals surface area contributed by atoms with Gasteiger partial charge in [0.05, 0.1) is 16.9 Å². The zero-order valence-electron chi connectivity index (χ0n) is 17.3. The van der Waals surface area contributed by atoms with E-state index in [1.165, 1.54) is 11.8 Å². The molecule has 0 bridgehead atoms. The Kier molecular flexibility index (Phi) is 4.85. The van der Waals surface area contributed by atoms with Gasteiger partial charge in [-0.3, -0.25) is 19.3 Å². The summed E-state index contributed by atoms with van der Waals surface area (Å²) in [6.45, 7) is 4.69. The van der Waals surface area contributed by atoms with E-state index in [2.05, 4.69) is 10.3 Å². The first-order valence-corrected chi connectivity index (χ1v) is 9.78. The van der Waals surface area contributed by atoms with Gasteiger partial charge in [-0.05, 0) is 39.0 Å². The summed E-state index contributed by atoms with van der Waals surface area (Å²) in [6, 6.07) is 14.9. The van der Waals surface area contributed by atoms with Crippen molar-refractivity contribution < 1.29 is 19.1 Å². The third-order valence-electron chi connectivity index (χ3n) is 5.33. The van der Waals surface area contributed by atoms with Gasteiger partial charge >= 0.3 is 5.97 Å². The highest BCUT2D eigenvalue weighted by Gasteiger charge is 2.45. The minimum atomic E-state index is -1.19. The molecular weight excluding hydrogens is 398 g/mol. The number of amides is 2. The molecule has 3 aromatic rings. The van der Waals surface area contributed by atoms with Gasteiger partial charge in [-0.1, -0.05) is 30.3 Å². The van der Waals surface area contributed by atoms with Crippen molar-refractivity contribution in [1.82, 2.24) is 4.98 Å². The number of carbonyl (C=O) groups is 3. The molecule has 1 unspecified atom stereocenters. The summed E-state index contributed by atoms with van der Waals surface area (Å²) >= 11 is 0. The second kappa shape index (κ2) is 7.39. The monoisotopic (exact) mass is 419 g/mol. The third kappa shape index (κ3) is 3.46. The lowest BCUT2D eigenvalue weighted by molar-refractivity contribution is -0.131. The van der Waals surface area contributed by atoms with Crippen LogP contribution >= 0.6 is 0 Å². The summed E-state index contributed by atoms with van der Waals surface area (Å²) < 4.78 is 5.44. The van der Waals surface area contributed by atoms with Crippen LogP contribution in [0.15, 0.2) is 59.4 Å². The van der Waals surface area contributed by atoms with Crippen LogP contribution in [0.25, 0.3) is 10.9 Å². The lowest BCUT2D eigenvalue weighted by Gasteiger charge is -2.42. The molecule has 8 nitrogen and oxygen atoms in total. The van der Waals surface area contributed by atoms with E-state index >= 15 is 0 Å². The maximum absolute atomic E-state index is 13.3. The van der Waals surface area contributed by atoms with Crippen LogP contribution in [-0.2, 0) is 14.3 Å². The van der Waals surface area contributed by atoms with Crippen molar-refractivity contribution in [3.8, 4) is 0 Å². The summed E-state index contributed by atoms with van der Waals surface area (Å²) in [7, 11) is 0. The largest absolute Gasteiger partial charge is 0.449 e. The van der Waals surface area contributed by atoms with Crippen molar-refractivity contribution in [1.29, 1.82) is 0 Å². The quantitative estimate of drug-likeness (QED) is 0.635. The minimum Gasteiger partial charge on any atom is -0.449 e. The number of H-pyrrole nitrogens is 1. The number of para-hydroxylation sites is 3. The van der Waals surface area contributed by atoms with E-state index in [9.17, 15) is 19.2 Å². The third-order valence-corrected chi connectivity index (χ3v) is 5.33. The number of aromatic amines is 1. The number of esters is 1. The van der Waals surface area contributed by atoms with E-state index in [4.69, 9.17) is 4.74 Å². The van der Waals surface area contributed by atoms with Crippen molar-refractivity contribution in [3.63, 3.8) is 0 Å². The number of aromatic nitrogens is 1. The summed E-state index contributed by atoms with van der Waals surface area (Å²) in [5, 5.41) is 3.30. The van der Waals surface area contributed by atoms with E-state index < -0.39 is 29.1 Å². The number of nitrogens with zero attached hydrogens (tertiary/aromatic N) is 1. The highest BCUT2D eigenvalue weighted by atomic mass is 16.5. The Bertz CT molecular complexity index is 1280. The number of pyridine rings is 1. The molecule has 0 spiro atoms. The first kappa shape index (κ1) is 20.3. The van der Waals surface area contributed by atoms with Crippen LogP contribution < -0.4 is 15.8 Å². The lowest BCUT2D eigenvalue weighted by atomic mass is 9.95. The fraction of sp³-hybridized carbons (Fsp3) is 0.217. The van der Waals surface area contributed by atoms with Crippen molar-refractivity contribution in [2.24, 2.45) is 0 Å². The summed E-state index contributed by atoms with van der Waals surface area (Å²) in [4.78, 5) is 54.7. The SMILES string of the molecule is CC(OC(=O)c1cc(=O)[nH]c2ccccc12)C(=O)N1c2ccccc2NC(=O)C1(C)C. The van der Waals surface area contributed by atoms with E-state index in [1.54, 1.807) is 62.4 Å². The molecule has 0 aliphatic carbocycles. The average Bonchev–Trinajstić information content (AvgIpc) is 2.73. The second-order valence-electron chi connectivity index (χ2n) is 7.84. The van der Waals surface area contributed by atoms with Gasteiger partial charge in [-0.25, -0.2) is 4.79 Å². The normalized spacial score (nSPS) is 15.7. The molecule has 0 saturated heterocycles. The van der Waals surface area contributed by atoms with Crippen molar-refractivity contribution in [2.75, 3.05) is 10.2 Å². The zero-order valence-corrected chi connectivity index (χ0v) is 17.3. The molecule has 0 fully saturated rings. The maximum Gasteiger partial charge on any atom is 0.339 e. The summed E-state index contributed by atoms with van der Waals surface area (Å²) in [5.74, 6) is -1.69. The predicted molar refractivity (Wildman–Crippen MR) is 116 cm³/mol. The summed E-state index contributed by atoms with van der Waals surface area (Å²) in [6.07, 6.45) is -1.19. The first-order valence-electron chi connectivity index (χ1n) is 9.78. The Morgan fingerprint density at radius 3 is 2.48 bits per heavy atom. The topological polar surface area (TPSA) is 109 Å². The minimum absolute atomic E-state index is 0.0649. The molecule has 1 aromatic heterocycles. The number of fused-ring (bicyclic) bond motifs is 2. The van der Waals surface area contributed by atoms with Crippen LogP contribution in [0.4, 0.5) is 11.4 Å². The van der Waals surface area contributed by atoms with Crippen LogP contribution in [-0.4, -0.2) is 34.4 Å². The van der Waals surface area contributed by atoms with E-state index in [1.807, 2.05) is 0 Å². The smallest absolute Gasteiger partial charge is 0.339 e. The van der Waals surface area contributed by atoms with Crippen LogP contribution in [0.3, 0.4) is 0 Å². The van der Waals surface area contributed by atoms with Crippen molar-refractivity contribution in [3.05, 3.63) is 70.5 Å². The van der Waals surface area contributed by atoms with Gasteiger partial charge in [0.2, 0.25) is 11.5 Å². The van der Waals surface area contributed by atoms with E-state index in [0.717, 1.165) is 6.07 Å². The Morgan fingerprint density at radius 2 is 1.71 bits per heavy atom. The number of ether oxygens (including phenoxy) is 1. The molecule has 1 aliphatic heterocycles. The molecule has 0 saturated carbocycles. The fourth-order valence-electron chi connectivity index (χ4n) is 3.68. The van der Waals surface area contributed by atoms with Gasteiger partial charge in [0.25, 0.3) is 5.91 Å². The predicted octanol–water partition coefficient (Wildman–Crippen LogP) is 2.84. The number of anilines is 2. The Balaban J connectivity index is 1.66. The van der Waals surface area contributed by atoms with Gasteiger partial charge in [0.1, 0.15) is 5.54 Å². The second-order valence-corrected chi connectivity index (χ2v) is 7.84. The number of benzene rings is 2. The van der Waals surface area contributed by atoms with E-state index in [-0.39, 0.29) is 11.5 Å². The number of nitrogens with one attached hydrogen (secondary N) is 2. The highest BCUT2D eigenvalue weighted by Crippen LogP contribution is 2.37. The molecule has 0 radical (unpaired) electrons. The zero-order chi connectivity index (χ0) is 22.3. The molecule has 2 amide bonds. The summed E-state index contributed by atoms with van der Waals surface area (Å²) in [5.41, 5.74) is -0.0742. The Morgan fingerprint density at radius 1 is 1.03 bits per heavy atom. The van der Waals surface area contributed by atoms with Crippen LogP contribution in [0.1, 0.15) is 31.1 Å². The molecule has 31 heavy (non-hydrogen) atoms. The fourth-order valence-corrected chi connectivity index (χ4v) is 3.68. The Labute approximate surface area is 177 Å². The molecule has 2 heterocycles. The van der Waals surface area contributed by atoms with Gasteiger partial charge < -0.3 is 15.0 Å². The van der Waals surface area contributed by atoms with Gasteiger partial charge in [-0.15, -0.1) is 0 Å². The van der Waals surface area contributed by atoms with E-state index in [0.29, 0.717) is 22.3 Å². The molecule has 158 valence electrons. The maximum atomic E-state index is 13.3. The molecule has 8 heteroatoms. The first-order chi connectivity index (χ1) is 14.7. The number of hydrogen-bond acceptors (Lipinski definition) is 5. The van der Waals surface area contributed by atoms with Crippen LogP contribution in [0.5, 0.6) is 0 Å². The van der Waals surface area contributed by atoms with Gasteiger partial charge in [0, 0.05) is 17.0 Å². The van der Waals surface area contributed by atoms with Crippen LogP contribution in [0, 0.1) is 0 Å². The van der Waals surface area contributed by atoms with Crippen molar-refractivity contribution >= 4 is 40.1 Å². The molecular formula is C23H21N3O5. The van der Waals surface area contributed by atoms with Crippen LogP contribution in [0.2, 0.25) is 0 Å². The average molecular weight is 419 g/mol. The highest BCUT2D eigenvalue weighted by molar-refractivity contribution is 6.15. The molecule has 4 rings (SSSR count). The number of hydrogen-bond donors (Lipinski definition) is 2. The molecule has 1 aliphatic rings. The molecule has 2 N–H and O–H groups in total. The standard InChI is InChI=1S/C23H21N3O5/c1-13(31-21(29)15-12-19(27)24-16-9-5-4-8-14(15)16)20(28)26-18-11-7-6-10-17(18)25-22(30)23(26,2)3/h4-13H,1-3H3,(H,24,27)(H,25,30). The lowest BCUT2D eigenvalue weighted by Crippen LogP contribution is -2.60. The van der Waals surface area contributed by atoms with Gasteiger partial charge in [0.15, 0.2) is 6.10 Å². The molecule has 1 atom stereocenters. The molecule has 2 aromatic carbocycles. The Hall–Kier alpha value is -3.94.